The van der Waals surface area contributed by atoms with Crippen LogP contribution in [0.2, 0.25) is 0 Å². The molecule has 0 bridgehead atoms. The number of fused-ring (bicyclic) bond motifs is 1. The van der Waals surface area contributed by atoms with E-state index >= 15 is 0 Å². The average Bonchev–Trinajstić information content (AvgIpc) is 2.46. The molecule has 0 aliphatic rings. The fraction of sp³-hybridized carbons (Fsp3) is 0.429. The van der Waals surface area contributed by atoms with E-state index in [0.717, 1.165) is 6.54 Å². The molecule has 1 aromatic heterocycles. The minimum atomic E-state index is -0.500. The second kappa shape index (κ2) is 6.52. The highest BCUT2D eigenvalue weighted by Gasteiger charge is 2.17. The lowest BCUT2D eigenvalue weighted by Gasteiger charge is -2.21. The number of nitrogens with one attached hydrogen (secondary N) is 2. The van der Waals surface area contributed by atoms with E-state index in [4.69, 9.17) is 0 Å². The van der Waals surface area contributed by atoms with Crippen molar-refractivity contribution in [1.82, 2.24) is 14.9 Å². The molecule has 2 aromatic rings. The van der Waals surface area contributed by atoms with Crippen LogP contribution in [0.5, 0.6) is 0 Å². The first-order valence-corrected chi connectivity index (χ1v) is 7.00. The third-order valence-electron chi connectivity index (χ3n) is 3.62. The van der Waals surface area contributed by atoms with Crippen molar-refractivity contribution in [3.8, 4) is 0 Å². The van der Waals surface area contributed by atoms with E-state index in [2.05, 4.69) is 34.0 Å². The van der Waals surface area contributed by atoms with E-state index < -0.39 is 4.92 Å². The van der Waals surface area contributed by atoms with Gasteiger partial charge in [0.2, 0.25) is 0 Å². The van der Waals surface area contributed by atoms with Gasteiger partial charge in [-0.05, 0) is 27.0 Å². The van der Waals surface area contributed by atoms with Crippen LogP contribution in [0.4, 0.5) is 11.4 Å². The predicted molar refractivity (Wildman–Crippen MR) is 85.3 cm³/mol. The van der Waals surface area contributed by atoms with Crippen molar-refractivity contribution in [3.05, 3.63) is 38.9 Å². The fourth-order valence-electron chi connectivity index (χ4n) is 2.02. The van der Waals surface area contributed by atoms with Gasteiger partial charge in [0.25, 0.3) is 11.2 Å². The zero-order valence-electron chi connectivity index (χ0n) is 12.8. The predicted octanol–water partition coefficient (Wildman–Crippen LogP) is 1.58. The van der Waals surface area contributed by atoms with Crippen LogP contribution in [0.25, 0.3) is 10.9 Å². The summed E-state index contributed by atoms with van der Waals surface area (Å²) in [4.78, 5) is 31.0. The molecular formula is C14H19N5O3. The van der Waals surface area contributed by atoms with Gasteiger partial charge in [0.05, 0.1) is 22.2 Å². The molecule has 2 rings (SSSR count). The Labute approximate surface area is 127 Å². The summed E-state index contributed by atoms with van der Waals surface area (Å²) in [6.45, 7) is 5.46. The molecule has 0 atom stereocenters. The van der Waals surface area contributed by atoms with E-state index in [-0.39, 0.29) is 16.6 Å². The summed E-state index contributed by atoms with van der Waals surface area (Å²) in [6.07, 6.45) is 1.28. The second-order valence-electron chi connectivity index (χ2n) is 5.38. The summed E-state index contributed by atoms with van der Waals surface area (Å²) in [7, 11) is 1.99. The van der Waals surface area contributed by atoms with Gasteiger partial charge in [-0.1, -0.05) is 0 Å². The number of nitro groups is 1. The lowest BCUT2D eigenvalue weighted by molar-refractivity contribution is -0.383. The maximum Gasteiger partial charge on any atom is 0.293 e. The number of nitro benzene ring substituents is 1. The van der Waals surface area contributed by atoms with Gasteiger partial charge in [0.15, 0.2) is 0 Å². The number of benzene rings is 1. The summed E-state index contributed by atoms with van der Waals surface area (Å²) in [5.74, 6) is 0. The molecule has 0 radical (unpaired) electrons. The van der Waals surface area contributed by atoms with Gasteiger partial charge in [0, 0.05) is 25.2 Å². The van der Waals surface area contributed by atoms with Gasteiger partial charge in [0.1, 0.15) is 5.69 Å². The zero-order chi connectivity index (χ0) is 16.3. The Morgan fingerprint density at radius 1 is 1.45 bits per heavy atom. The molecule has 1 heterocycles. The second-order valence-corrected chi connectivity index (χ2v) is 5.38. The smallest absolute Gasteiger partial charge is 0.293 e. The molecule has 8 nitrogen and oxygen atoms in total. The maximum absolute atomic E-state index is 11.7. The summed E-state index contributed by atoms with van der Waals surface area (Å²) in [5, 5.41) is 14.5. The Kier molecular flexibility index (Phi) is 4.71. The number of hydrogen-bond donors (Lipinski definition) is 2. The van der Waals surface area contributed by atoms with Crippen LogP contribution in [0.1, 0.15) is 13.8 Å². The van der Waals surface area contributed by atoms with Crippen molar-refractivity contribution in [2.45, 2.75) is 19.9 Å². The third-order valence-corrected chi connectivity index (χ3v) is 3.62. The number of hydrogen-bond acceptors (Lipinski definition) is 6. The maximum atomic E-state index is 11.7. The molecule has 1 aromatic carbocycles. The zero-order valence-corrected chi connectivity index (χ0v) is 12.8. The summed E-state index contributed by atoms with van der Waals surface area (Å²) in [6, 6.07) is 3.20. The van der Waals surface area contributed by atoms with Crippen molar-refractivity contribution in [3.63, 3.8) is 0 Å². The summed E-state index contributed by atoms with van der Waals surface area (Å²) in [5.41, 5.74) is 0.277. The number of rotatable bonds is 6. The minimum absolute atomic E-state index is 0.127. The first kappa shape index (κ1) is 15.9. The van der Waals surface area contributed by atoms with Gasteiger partial charge in [-0.2, -0.15) is 0 Å². The largest absolute Gasteiger partial charge is 0.378 e. The lowest BCUT2D eigenvalue weighted by Crippen LogP contribution is -2.31. The molecule has 0 unspecified atom stereocenters. The van der Waals surface area contributed by atoms with Gasteiger partial charge in [-0.3, -0.25) is 14.9 Å². The van der Waals surface area contributed by atoms with Crippen molar-refractivity contribution in [1.29, 1.82) is 0 Å². The normalized spacial score (nSPS) is 11.3. The number of H-pyrrole nitrogens is 1. The quantitative estimate of drug-likeness (QED) is 0.620. The van der Waals surface area contributed by atoms with Crippen LogP contribution in [-0.2, 0) is 0 Å². The Bertz CT molecular complexity index is 741. The molecule has 0 aliphatic heterocycles. The van der Waals surface area contributed by atoms with Crippen molar-refractivity contribution < 1.29 is 4.92 Å². The topological polar surface area (TPSA) is 104 Å². The lowest BCUT2D eigenvalue weighted by atomic mass is 10.2. The standard InChI is InChI=1S/C14H19N5O3/c1-9(2)18(3)5-4-15-12-7-11-10(6-13(12)19(21)22)14(20)17-8-16-11/h6-9,15H,4-5H2,1-3H3,(H,16,17,20). The van der Waals surface area contributed by atoms with Crippen molar-refractivity contribution in [2.24, 2.45) is 0 Å². The number of likely N-dealkylation sites (N-methyl/N-ethyl adjacent to an activating group) is 1. The van der Waals surface area contributed by atoms with E-state index in [1.54, 1.807) is 0 Å². The Hall–Kier alpha value is -2.48. The number of aromatic amines is 1. The molecule has 22 heavy (non-hydrogen) atoms. The van der Waals surface area contributed by atoms with Crippen molar-refractivity contribution in [2.75, 3.05) is 25.5 Å². The monoisotopic (exact) mass is 305 g/mol. The van der Waals surface area contributed by atoms with Crippen LogP contribution in [0.3, 0.4) is 0 Å². The highest BCUT2D eigenvalue weighted by molar-refractivity contribution is 5.86. The molecule has 0 amide bonds. The van der Waals surface area contributed by atoms with Gasteiger partial charge >= 0.3 is 0 Å². The van der Waals surface area contributed by atoms with E-state index in [1.807, 2.05) is 7.05 Å². The SMILES string of the molecule is CC(C)N(C)CCNc1cc2nc[nH]c(=O)c2cc1[N+](=O)[O-]. The Balaban J connectivity index is 2.30. The first-order valence-electron chi connectivity index (χ1n) is 7.00. The highest BCUT2D eigenvalue weighted by atomic mass is 16.6. The van der Waals surface area contributed by atoms with E-state index in [1.165, 1.54) is 18.5 Å². The van der Waals surface area contributed by atoms with E-state index in [0.29, 0.717) is 23.8 Å². The number of nitrogens with zero attached hydrogens (tertiary/aromatic N) is 3. The van der Waals surface area contributed by atoms with Gasteiger partial charge in [-0.15, -0.1) is 0 Å². The highest BCUT2D eigenvalue weighted by Crippen LogP contribution is 2.27. The Morgan fingerprint density at radius 2 is 2.18 bits per heavy atom. The van der Waals surface area contributed by atoms with Crippen LogP contribution in [-0.4, -0.2) is 46.0 Å². The Morgan fingerprint density at radius 3 is 2.82 bits per heavy atom. The minimum Gasteiger partial charge on any atom is -0.378 e. The number of aromatic nitrogens is 2. The molecule has 0 spiro atoms. The molecule has 0 saturated heterocycles. The molecule has 118 valence electrons. The van der Waals surface area contributed by atoms with Crippen molar-refractivity contribution >= 4 is 22.3 Å². The van der Waals surface area contributed by atoms with Gasteiger partial charge < -0.3 is 15.2 Å². The fourth-order valence-corrected chi connectivity index (χ4v) is 2.02. The molecule has 0 saturated carbocycles. The average molecular weight is 305 g/mol. The summed E-state index contributed by atoms with van der Waals surface area (Å²) >= 11 is 0. The van der Waals surface area contributed by atoms with Crippen LogP contribution >= 0.6 is 0 Å². The van der Waals surface area contributed by atoms with E-state index in [9.17, 15) is 14.9 Å². The molecule has 0 fully saturated rings. The van der Waals surface area contributed by atoms with Gasteiger partial charge in [-0.25, -0.2) is 4.98 Å². The third kappa shape index (κ3) is 3.40. The molecule has 2 N–H and O–H groups in total. The van der Waals surface area contributed by atoms with Crippen LogP contribution < -0.4 is 10.9 Å². The molecule has 0 aliphatic carbocycles. The summed E-state index contributed by atoms with van der Waals surface area (Å²) < 4.78 is 0. The molecule has 8 heteroatoms. The van der Waals surface area contributed by atoms with Crippen LogP contribution in [0.15, 0.2) is 23.3 Å². The molecular weight excluding hydrogens is 286 g/mol. The number of anilines is 1. The first-order chi connectivity index (χ1) is 10.4. The van der Waals surface area contributed by atoms with Crippen LogP contribution in [0, 0.1) is 10.1 Å².